The van der Waals surface area contributed by atoms with Gasteiger partial charge in [-0.05, 0) is 55.1 Å². The fraction of sp³-hybridized carbons (Fsp3) is 0.381. The van der Waals surface area contributed by atoms with E-state index in [4.69, 9.17) is 0 Å². The second kappa shape index (κ2) is 7.70. The number of phenolic OH excluding ortho intramolecular Hbond substituents is 1. The highest BCUT2D eigenvalue weighted by molar-refractivity contribution is 5.82. The maximum Gasteiger partial charge on any atom is 0.244 e. The van der Waals surface area contributed by atoms with E-state index in [-0.39, 0.29) is 11.9 Å². The molecule has 1 heterocycles. The zero-order chi connectivity index (χ0) is 17.8. The van der Waals surface area contributed by atoms with Crippen LogP contribution in [-0.2, 0) is 4.79 Å². The van der Waals surface area contributed by atoms with Gasteiger partial charge in [0.25, 0.3) is 0 Å². The molecule has 1 aliphatic rings. The Morgan fingerprint density at radius 1 is 1.04 bits per heavy atom. The molecule has 0 aliphatic carbocycles. The molecule has 3 rings (SSSR count). The number of carbonyl (C=O) groups is 1. The lowest BCUT2D eigenvalue weighted by atomic mass is 9.88. The van der Waals surface area contributed by atoms with Crippen molar-refractivity contribution in [3.63, 3.8) is 0 Å². The molecular weight excluding hydrogens is 312 g/mol. The van der Waals surface area contributed by atoms with Crippen LogP contribution in [0.4, 0.5) is 0 Å². The molecule has 2 aromatic carbocycles. The van der Waals surface area contributed by atoms with Gasteiger partial charge in [-0.1, -0.05) is 42.5 Å². The van der Waals surface area contributed by atoms with Gasteiger partial charge in [-0.15, -0.1) is 0 Å². The maximum atomic E-state index is 12.8. The summed E-state index contributed by atoms with van der Waals surface area (Å²) < 4.78 is 0. The summed E-state index contributed by atoms with van der Waals surface area (Å²) in [7, 11) is 3.64. The van der Waals surface area contributed by atoms with Crippen LogP contribution in [0.3, 0.4) is 0 Å². The number of rotatable bonds is 4. The van der Waals surface area contributed by atoms with Gasteiger partial charge >= 0.3 is 0 Å². The first kappa shape index (κ1) is 17.5. The number of carbonyl (C=O) groups excluding carboxylic acids is 1. The molecule has 25 heavy (non-hydrogen) atoms. The minimum Gasteiger partial charge on any atom is -0.508 e. The highest BCUT2D eigenvalue weighted by Gasteiger charge is 2.32. The van der Waals surface area contributed by atoms with E-state index in [1.54, 1.807) is 17.0 Å². The summed E-state index contributed by atoms with van der Waals surface area (Å²) >= 11 is 0. The lowest BCUT2D eigenvalue weighted by molar-refractivity contribution is -0.135. The monoisotopic (exact) mass is 338 g/mol. The molecule has 2 aromatic rings. The first-order valence-corrected chi connectivity index (χ1v) is 8.85. The first-order chi connectivity index (χ1) is 12.1. The molecule has 4 heteroatoms. The van der Waals surface area contributed by atoms with Crippen LogP contribution in [0.2, 0.25) is 0 Å². The van der Waals surface area contributed by atoms with Crippen LogP contribution < -0.4 is 0 Å². The summed E-state index contributed by atoms with van der Waals surface area (Å²) in [6, 6.07) is 17.4. The largest absolute Gasteiger partial charge is 0.508 e. The third kappa shape index (κ3) is 4.02. The van der Waals surface area contributed by atoms with E-state index in [0.717, 1.165) is 31.5 Å². The number of likely N-dealkylation sites (N-methyl/N-ethyl adjacent to an activating group) is 1. The van der Waals surface area contributed by atoms with Crippen LogP contribution in [0.15, 0.2) is 54.6 Å². The van der Waals surface area contributed by atoms with Gasteiger partial charge in [0.05, 0.1) is 0 Å². The Balaban J connectivity index is 1.74. The van der Waals surface area contributed by atoms with Crippen molar-refractivity contribution in [2.24, 2.45) is 0 Å². The Morgan fingerprint density at radius 3 is 2.20 bits per heavy atom. The number of likely N-dealkylation sites (tertiary alicyclic amines) is 1. The van der Waals surface area contributed by atoms with Gasteiger partial charge in [0.15, 0.2) is 0 Å². The van der Waals surface area contributed by atoms with Gasteiger partial charge < -0.3 is 10.0 Å². The highest BCUT2D eigenvalue weighted by Crippen LogP contribution is 2.33. The molecule has 0 aromatic heterocycles. The van der Waals surface area contributed by atoms with Gasteiger partial charge in [0.2, 0.25) is 5.91 Å². The second-order valence-electron chi connectivity index (χ2n) is 6.95. The van der Waals surface area contributed by atoms with E-state index in [0.29, 0.717) is 11.7 Å². The van der Waals surface area contributed by atoms with E-state index < -0.39 is 0 Å². The predicted octanol–water partition coefficient (Wildman–Crippen LogP) is 3.40. The summed E-state index contributed by atoms with van der Waals surface area (Å²) in [6.07, 6.45) is 2.05. The van der Waals surface area contributed by atoms with Gasteiger partial charge in [0, 0.05) is 14.1 Å². The van der Waals surface area contributed by atoms with Crippen molar-refractivity contribution in [1.82, 2.24) is 9.80 Å². The lowest BCUT2D eigenvalue weighted by Crippen LogP contribution is -2.43. The Hall–Kier alpha value is -2.33. The van der Waals surface area contributed by atoms with Gasteiger partial charge in [-0.3, -0.25) is 9.69 Å². The van der Waals surface area contributed by atoms with Crippen LogP contribution in [0.5, 0.6) is 5.75 Å². The van der Waals surface area contributed by atoms with Crippen molar-refractivity contribution < 1.29 is 9.90 Å². The second-order valence-corrected chi connectivity index (χ2v) is 6.95. The summed E-state index contributed by atoms with van der Waals surface area (Å²) in [6.45, 7) is 1.79. The minimum atomic E-state index is -0.211. The predicted molar refractivity (Wildman–Crippen MR) is 99.5 cm³/mol. The quantitative estimate of drug-likeness (QED) is 0.929. The van der Waals surface area contributed by atoms with Crippen molar-refractivity contribution in [2.45, 2.75) is 24.8 Å². The van der Waals surface area contributed by atoms with Crippen molar-refractivity contribution in [2.75, 3.05) is 27.2 Å². The summed E-state index contributed by atoms with van der Waals surface area (Å²) in [5.74, 6) is 0.930. The number of hydrogen-bond acceptors (Lipinski definition) is 3. The third-order valence-corrected chi connectivity index (χ3v) is 5.05. The van der Waals surface area contributed by atoms with E-state index in [9.17, 15) is 9.90 Å². The van der Waals surface area contributed by atoms with Gasteiger partial charge in [0.1, 0.15) is 11.8 Å². The third-order valence-electron chi connectivity index (χ3n) is 5.05. The minimum absolute atomic E-state index is 0.134. The fourth-order valence-electron chi connectivity index (χ4n) is 3.63. The van der Waals surface area contributed by atoms with E-state index in [1.165, 1.54) is 5.56 Å². The first-order valence-electron chi connectivity index (χ1n) is 8.85. The maximum absolute atomic E-state index is 12.8. The smallest absolute Gasteiger partial charge is 0.244 e. The topological polar surface area (TPSA) is 43.8 Å². The molecule has 0 radical (unpaired) electrons. The summed E-state index contributed by atoms with van der Waals surface area (Å²) in [4.78, 5) is 16.8. The van der Waals surface area contributed by atoms with E-state index in [2.05, 4.69) is 4.90 Å². The van der Waals surface area contributed by atoms with Crippen molar-refractivity contribution in [3.8, 4) is 5.75 Å². The molecule has 132 valence electrons. The Labute approximate surface area is 149 Å². The number of piperidine rings is 1. The standard InChI is InChI=1S/C21H26N2O2/c1-22(2)21(25)20(18-6-4-3-5-7-18)23-14-12-17(13-15-23)16-8-10-19(24)11-9-16/h3-11,17,20,24H,12-15H2,1-2H3/t20-/m0/s1. The molecule has 1 amide bonds. The van der Waals surface area contributed by atoms with Crippen molar-refractivity contribution in [1.29, 1.82) is 0 Å². The van der Waals surface area contributed by atoms with Crippen LogP contribution in [-0.4, -0.2) is 48.0 Å². The van der Waals surface area contributed by atoms with E-state index >= 15 is 0 Å². The SMILES string of the molecule is CN(C)C(=O)[C@H](c1ccccc1)N1CCC(c2ccc(O)cc2)CC1. The van der Waals surface area contributed by atoms with E-state index in [1.807, 2.05) is 56.6 Å². The van der Waals surface area contributed by atoms with Crippen LogP contribution in [0.1, 0.15) is 35.9 Å². The number of aromatic hydroxyl groups is 1. The Morgan fingerprint density at radius 2 is 1.64 bits per heavy atom. The van der Waals surface area contributed by atoms with Gasteiger partial charge in [-0.2, -0.15) is 0 Å². The number of hydrogen-bond donors (Lipinski definition) is 1. The zero-order valence-corrected chi connectivity index (χ0v) is 14.9. The normalized spacial score (nSPS) is 17.2. The van der Waals surface area contributed by atoms with Crippen LogP contribution in [0, 0.1) is 0 Å². The number of amides is 1. The highest BCUT2D eigenvalue weighted by atomic mass is 16.3. The molecule has 0 bridgehead atoms. The molecule has 1 N–H and O–H groups in total. The summed E-state index contributed by atoms with van der Waals surface area (Å²) in [5.41, 5.74) is 2.33. The molecule has 0 spiro atoms. The average Bonchev–Trinajstić information content (AvgIpc) is 2.64. The molecule has 1 aliphatic heterocycles. The number of phenols is 1. The molecular formula is C21H26N2O2. The molecule has 1 fully saturated rings. The molecule has 4 nitrogen and oxygen atoms in total. The molecule has 1 atom stereocenters. The number of benzene rings is 2. The van der Waals surface area contributed by atoms with Crippen molar-refractivity contribution in [3.05, 3.63) is 65.7 Å². The fourth-order valence-corrected chi connectivity index (χ4v) is 3.63. The van der Waals surface area contributed by atoms with Crippen molar-refractivity contribution >= 4 is 5.91 Å². The Kier molecular flexibility index (Phi) is 5.39. The molecule has 0 unspecified atom stereocenters. The average molecular weight is 338 g/mol. The molecule has 0 saturated carbocycles. The molecule has 1 saturated heterocycles. The summed E-state index contributed by atoms with van der Waals surface area (Å²) in [5, 5.41) is 9.46. The van der Waals surface area contributed by atoms with Crippen LogP contribution >= 0.6 is 0 Å². The Bertz CT molecular complexity index is 690. The number of nitrogens with zero attached hydrogens (tertiary/aromatic N) is 2. The van der Waals surface area contributed by atoms with Crippen LogP contribution in [0.25, 0.3) is 0 Å². The van der Waals surface area contributed by atoms with Gasteiger partial charge in [-0.25, -0.2) is 0 Å². The zero-order valence-electron chi connectivity index (χ0n) is 14.9. The lowest BCUT2D eigenvalue weighted by Gasteiger charge is -2.38.